The molecular weight excluding hydrogens is 292 g/mol. The van der Waals surface area contributed by atoms with Crippen molar-refractivity contribution in [3.05, 3.63) is 34.4 Å². The maximum atomic E-state index is 11.1. The molecule has 1 aliphatic carbocycles. The predicted molar refractivity (Wildman–Crippen MR) is 91.0 cm³/mol. The molecule has 1 aliphatic rings. The number of carbonyl (C=O) groups excluding carboxylic acids is 2. The minimum absolute atomic E-state index is 0.167. The first-order valence-electron chi connectivity index (χ1n) is 7.81. The van der Waals surface area contributed by atoms with Crippen LogP contribution in [0.15, 0.2) is 12.1 Å². The number of aliphatic hydroxyl groups excluding tert-OH is 2. The van der Waals surface area contributed by atoms with Crippen molar-refractivity contribution < 1.29 is 19.8 Å². The molecule has 0 spiro atoms. The molecule has 128 valence electrons. The van der Waals surface area contributed by atoms with Gasteiger partial charge in [0.25, 0.3) is 0 Å². The third-order valence-electron chi connectivity index (χ3n) is 4.70. The number of ketones is 1. The standard InChI is InChI=1S/C16H22O3.C3H6O/c1-9-6-11-12(7-10(9)8-17)16(4,5)14(19)13(18)15(11,2)3;1-3(2)4/h6-8,13-14,18-19H,1-5H3;1-2H3/t13-,14+;/m0./s1. The van der Waals surface area contributed by atoms with Gasteiger partial charge in [-0.3, -0.25) is 4.79 Å². The van der Waals surface area contributed by atoms with Crippen molar-refractivity contribution in [2.45, 2.75) is 71.5 Å². The van der Waals surface area contributed by atoms with Gasteiger partial charge in [0.1, 0.15) is 12.1 Å². The molecule has 0 amide bonds. The van der Waals surface area contributed by atoms with E-state index in [2.05, 4.69) is 0 Å². The van der Waals surface area contributed by atoms with Gasteiger partial charge < -0.3 is 15.0 Å². The Morgan fingerprint density at radius 1 is 1.00 bits per heavy atom. The van der Waals surface area contributed by atoms with Crippen LogP contribution in [0.2, 0.25) is 0 Å². The normalized spacial score (nSPS) is 24.0. The van der Waals surface area contributed by atoms with E-state index in [0.29, 0.717) is 5.56 Å². The van der Waals surface area contributed by atoms with E-state index in [1.54, 1.807) is 0 Å². The number of hydrogen-bond acceptors (Lipinski definition) is 4. The van der Waals surface area contributed by atoms with Gasteiger partial charge in [-0.15, -0.1) is 0 Å². The molecule has 2 N–H and O–H groups in total. The van der Waals surface area contributed by atoms with Gasteiger partial charge in [-0.25, -0.2) is 0 Å². The first-order chi connectivity index (χ1) is 10.4. The fourth-order valence-corrected chi connectivity index (χ4v) is 3.03. The lowest BCUT2D eigenvalue weighted by Crippen LogP contribution is -2.56. The van der Waals surface area contributed by atoms with E-state index in [9.17, 15) is 19.8 Å². The average Bonchev–Trinajstić information content (AvgIpc) is 2.43. The number of rotatable bonds is 1. The smallest absolute Gasteiger partial charge is 0.150 e. The fourth-order valence-electron chi connectivity index (χ4n) is 3.03. The van der Waals surface area contributed by atoms with E-state index in [1.807, 2.05) is 46.8 Å². The summed E-state index contributed by atoms with van der Waals surface area (Å²) in [6, 6.07) is 3.82. The molecule has 0 unspecified atom stereocenters. The summed E-state index contributed by atoms with van der Waals surface area (Å²) in [7, 11) is 0. The van der Waals surface area contributed by atoms with Crippen LogP contribution in [0, 0.1) is 6.92 Å². The lowest BCUT2D eigenvalue weighted by atomic mass is 9.59. The van der Waals surface area contributed by atoms with Crippen LogP contribution in [-0.4, -0.2) is 34.5 Å². The summed E-state index contributed by atoms with van der Waals surface area (Å²) in [6.07, 6.45) is -0.829. The number of aldehydes is 1. The minimum Gasteiger partial charge on any atom is -0.389 e. The Morgan fingerprint density at radius 3 is 1.70 bits per heavy atom. The average molecular weight is 320 g/mol. The number of aryl methyl sites for hydroxylation is 1. The topological polar surface area (TPSA) is 74.6 Å². The van der Waals surface area contributed by atoms with E-state index in [-0.39, 0.29) is 5.78 Å². The Labute approximate surface area is 138 Å². The molecule has 0 fully saturated rings. The Morgan fingerprint density at radius 2 is 1.35 bits per heavy atom. The minimum atomic E-state index is -0.850. The molecule has 4 nitrogen and oxygen atoms in total. The quantitative estimate of drug-likeness (QED) is 0.780. The number of Topliss-reactive ketones (excluding diaryl/α,β-unsaturated/α-hetero) is 1. The summed E-state index contributed by atoms with van der Waals surface area (Å²) in [4.78, 5) is 20.6. The van der Waals surface area contributed by atoms with Crippen LogP contribution in [0.4, 0.5) is 0 Å². The summed E-state index contributed by atoms with van der Waals surface area (Å²) in [5.41, 5.74) is 2.40. The zero-order chi connectivity index (χ0) is 18.2. The van der Waals surface area contributed by atoms with Crippen LogP contribution < -0.4 is 0 Å². The molecule has 0 aliphatic heterocycles. The van der Waals surface area contributed by atoms with E-state index < -0.39 is 23.0 Å². The lowest BCUT2D eigenvalue weighted by molar-refractivity contribution is -0.115. The predicted octanol–water partition coefficient (Wildman–Crippen LogP) is 2.69. The Bertz CT molecular complexity index is 610. The van der Waals surface area contributed by atoms with Crippen molar-refractivity contribution in [1.82, 2.24) is 0 Å². The summed E-state index contributed by atoms with van der Waals surface area (Å²) < 4.78 is 0. The third-order valence-corrected chi connectivity index (χ3v) is 4.70. The molecule has 1 aromatic carbocycles. The van der Waals surface area contributed by atoms with Crippen molar-refractivity contribution in [3.63, 3.8) is 0 Å². The first kappa shape index (κ1) is 19.5. The molecule has 0 saturated carbocycles. The SMILES string of the molecule is CC(C)=O.Cc1cc2c(cc1C=O)C(C)(C)[C@H](O)[C@H](O)C2(C)C. The second kappa shape index (κ2) is 6.54. The number of aliphatic hydroxyl groups is 2. The molecule has 0 radical (unpaired) electrons. The molecule has 0 bridgehead atoms. The van der Waals surface area contributed by atoms with Crippen molar-refractivity contribution in [2.75, 3.05) is 0 Å². The summed E-state index contributed by atoms with van der Waals surface area (Å²) in [5.74, 6) is 0.167. The lowest BCUT2D eigenvalue weighted by Gasteiger charge is -2.49. The maximum absolute atomic E-state index is 11.1. The van der Waals surface area contributed by atoms with Crippen LogP contribution in [0.5, 0.6) is 0 Å². The summed E-state index contributed by atoms with van der Waals surface area (Å²) in [5, 5.41) is 20.8. The molecule has 23 heavy (non-hydrogen) atoms. The van der Waals surface area contributed by atoms with Crippen molar-refractivity contribution in [2.24, 2.45) is 0 Å². The number of fused-ring (bicyclic) bond motifs is 1. The molecule has 0 saturated heterocycles. The Kier molecular flexibility index (Phi) is 5.55. The van der Waals surface area contributed by atoms with Crippen LogP contribution in [0.1, 0.15) is 68.6 Å². The highest BCUT2D eigenvalue weighted by molar-refractivity contribution is 5.78. The van der Waals surface area contributed by atoms with Gasteiger partial charge in [0.2, 0.25) is 0 Å². The number of carbonyl (C=O) groups is 2. The molecule has 2 atom stereocenters. The molecular formula is C19H28O4. The van der Waals surface area contributed by atoms with E-state index in [0.717, 1.165) is 23.0 Å². The first-order valence-corrected chi connectivity index (χ1v) is 7.81. The van der Waals surface area contributed by atoms with E-state index in [4.69, 9.17) is 0 Å². The number of benzene rings is 1. The molecule has 1 aromatic rings. The summed E-state index contributed by atoms with van der Waals surface area (Å²) >= 11 is 0. The molecule has 0 heterocycles. The maximum Gasteiger partial charge on any atom is 0.150 e. The van der Waals surface area contributed by atoms with Gasteiger partial charge in [-0.1, -0.05) is 33.8 Å². The van der Waals surface area contributed by atoms with Crippen molar-refractivity contribution in [3.8, 4) is 0 Å². The fraction of sp³-hybridized carbons (Fsp3) is 0.579. The molecule has 4 heteroatoms. The largest absolute Gasteiger partial charge is 0.389 e. The van der Waals surface area contributed by atoms with Crippen LogP contribution >= 0.6 is 0 Å². The molecule has 0 aromatic heterocycles. The number of hydrogen-bond donors (Lipinski definition) is 2. The van der Waals surface area contributed by atoms with Gasteiger partial charge in [0.05, 0.1) is 12.2 Å². The highest BCUT2D eigenvalue weighted by Crippen LogP contribution is 2.46. The van der Waals surface area contributed by atoms with Gasteiger partial charge in [-0.05, 0) is 43.5 Å². The van der Waals surface area contributed by atoms with Crippen LogP contribution in [0.25, 0.3) is 0 Å². The van der Waals surface area contributed by atoms with Gasteiger partial charge in [-0.2, -0.15) is 0 Å². The highest BCUT2D eigenvalue weighted by atomic mass is 16.3. The van der Waals surface area contributed by atoms with Crippen molar-refractivity contribution >= 4 is 12.1 Å². The second-order valence-electron chi connectivity index (χ2n) is 7.61. The van der Waals surface area contributed by atoms with Gasteiger partial charge in [0, 0.05) is 16.4 Å². The highest BCUT2D eigenvalue weighted by Gasteiger charge is 2.50. The second-order valence-corrected chi connectivity index (χ2v) is 7.61. The Balaban J connectivity index is 0.000000593. The van der Waals surface area contributed by atoms with E-state index >= 15 is 0 Å². The summed E-state index contributed by atoms with van der Waals surface area (Å²) in [6.45, 7) is 12.6. The van der Waals surface area contributed by atoms with E-state index in [1.165, 1.54) is 13.8 Å². The van der Waals surface area contributed by atoms with Crippen LogP contribution in [0.3, 0.4) is 0 Å². The van der Waals surface area contributed by atoms with Gasteiger partial charge in [0.15, 0.2) is 0 Å². The molecule has 2 rings (SSSR count). The zero-order valence-corrected chi connectivity index (χ0v) is 15.1. The van der Waals surface area contributed by atoms with Gasteiger partial charge >= 0.3 is 0 Å². The third kappa shape index (κ3) is 3.54. The monoisotopic (exact) mass is 320 g/mol. The zero-order valence-electron chi connectivity index (χ0n) is 15.1. The van der Waals surface area contributed by atoms with Crippen LogP contribution in [-0.2, 0) is 15.6 Å². The Hall–Kier alpha value is -1.52. The van der Waals surface area contributed by atoms with Crippen molar-refractivity contribution in [1.29, 1.82) is 0 Å².